The molecule has 0 aromatic carbocycles. The van der Waals surface area contributed by atoms with Gasteiger partial charge in [0.15, 0.2) is 0 Å². The zero-order valence-electron chi connectivity index (χ0n) is 11.1. The molecular weight excluding hydrogens is 292 g/mol. The van der Waals surface area contributed by atoms with E-state index in [1.165, 1.54) is 24.7 Å². The van der Waals surface area contributed by atoms with Gasteiger partial charge < -0.3 is 9.52 Å². The van der Waals surface area contributed by atoms with E-state index in [0.717, 1.165) is 0 Å². The Labute approximate surface area is 122 Å². The number of hydrogen-bond donors (Lipinski definition) is 2. The summed E-state index contributed by atoms with van der Waals surface area (Å²) in [5.74, 6) is 5.77. The van der Waals surface area contributed by atoms with Gasteiger partial charge in [-0.3, -0.25) is 4.98 Å². The van der Waals surface area contributed by atoms with Crippen LogP contribution in [0.2, 0.25) is 0 Å². The van der Waals surface area contributed by atoms with Crippen LogP contribution in [0.25, 0.3) is 0 Å². The van der Waals surface area contributed by atoms with Gasteiger partial charge in [0.1, 0.15) is 17.3 Å². The maximum absolute atomic E-state index is 12.1. The Morgan fingerprint density at radius 2 is 2.24 bits per heavy atom. The molecule has 0 fully saturated rings. The number of nitrogens with one attached hydrogen (secondary N) is 1. The van der Waals surface area contributed by atoms with Crippen LogP contribution in [0.4, 0.5) is 0 Å². The highest BCUT2D eigenvalue weighted by Crippen LogP contribution is 2.09. The molecule has 0 atom stereocenters. The largest absolute Gasteiger partial charge is 0.469 e. The molecule has 2 heterocycles. The molecule has 0 unspecified atom stereocenters. The van der Waals surface area contributed by atoms with E-state index in [4.69, 9.17) is 9.52 Å². The maximum Gasteiger partial charge on any atom is 0.242 e. The van der Waals surface area contributed by atoms with E-state index in [-0.39, 0.29) is 18.0 Å². The molecular formula is C14H14N2O4S. The van der Waals surface area contributed by atoms with Crippen LogP contribution in [-0.2, 0) is 16.4 Å². The topological polar surface area (TPSA) is 92.4 Å². The fraction of sp³-hybridized carbons (Fsp3) is 0.214. The molecule has 2 aromatic heterocycles. The number of furan rings is 1. The fourth-order valence-electron chi connectivity index (χ4n) is 1.62. The second-order valence-corrected chi connectivity index (χ2v) is 5.86. The van der Waals surface area contributed by atoms with Crippen molar-refractivity contribution in [2.24, 2.45) is 0 Å². The third-order valence-corrected chi connectivity index (χ3v) is 4.01. The van der Waals surface area contributed by atoms with E-state index >= 15 is 0 Å². The van der Waals surface area contributed by atoms with Crippen LogP contribution in [0.5, 0.6) is 0 Å². The Kier molecular flexibility index (Phi) is 5.11. The highest BCUT2D eigenvalue weighted by atomic mass is 32.2. The summed E-state index contributed by atoms with van der Waals surface area (Å²) in [6, 6.07) is 4.93. The number of aliphatic hydroxyl groups is 1. The number of pyridine rings is 1. The van der Waals surface area contributed by atoms with Crippen molar-refractivity contribution in [3.63, 3.8) is 0 Å². The van der Waals surface area contributed by atoms with Gasteiger partial charge in [0.2, 0.25) is 10.0 Å². The molecule has 0 saturated carbocycles. The number of aromatic nitrogens is 1. The lowest BCUT2D eigenvalue weighted by atomic mass is 10.3. The van der Waals surface area contributed by atoms with Gasteiger partial charge in [0.05, 0.1) is 6.26 Å². The van der Waals surface area contributed by atoms with Gasteiger partial charge in [0.25, 0.3) is 0 Å². The lowest BCUT2D eigenvalue weighted by molar-refractivity contribution is 0.350. The Hall–Kier alpha value is -2.14. The van der Waals surface area contributed by atoms with Crippen LogP contribution in [0.3, 0.4) is 0 Å². The molecule has 0 aliphatic heterocycles. The predicted octanol–water partition coefficient (Wildman–Crippen LogP) is 0.539. The summed E-state index contributed by atoms with van der Waals surface area (Å²) in [5, 5.41) is 8.63. The third kappa shape index (κ3) is 4.43. The first-order chi connectivity index (χ1) is 10.1. The first-order valence-electron chi connectivity index (χ1n) is 6.18. The van der Waals surface area contributed by atoms with Crippen molar-refractivity contribution in [3.05, 3.63) is 48.2 Å². The highest BCUT2D eigenvalue weighted by Gasteiger charge is 2.14. The molecule has 0 radical (unpaired) electrons. The SMILES string of the molecule is O=S(=O)(NCCc1ccco1)c1cncc(C#CCO)c1. The van der Waals surface area contributed by atoms with Gasteiger partial charge >= 0.3 is 0 Å². The lowest BCUT2D eigenvalue weighted by Gasteiger charge is -2.05. The van der Waals surface area contributed by atoms with Crippen molar-refractivity contribution >= 4 is 10.0 Å². The maximum atomic E-state index is 12.1. The third-order valence-electron chi connectivity index (χ3n) is 2.58. The monoisotopic (exact) mass is 306 g/mol. The van der Waals surface area contributed by atoms with E-state index in [1.807, 2.05) is 0 Å². The van der Waals surface area contributed by atoms with Gasteiger partial charge in [-0.05, 0) is 18.2 Å². The molecule has 110 valence electrons. The average molecular weight is 306 g/mol. The fourth-order valence-corrected chi connectivity index (χ4v) is 2.64. The van der Waals surface area contributed by atoms with E-state index in [1.54, 1.807) is 12.1 Å². The minimum atomic E-state index is -3.65. The Bertz CT molecular complexity index is 743. The first-order valence-corrected chi connectivity index (χ1v) is 7.67. The zero-order valence-corrected chi connectivity index (χ0v) is 11.9. The molecule has 2 rings (SSSR count). The number of aliphatic hydroxyl groups excluding tert-OH is 1. The molecule has 0 bridgehead atoms. The van der Waals surface area contributed by atoms with Gasteiger partial charge in [-0.2, -0.15) is 0 Å². The van der Waals surface area contributed by atoms with E-state index in [2.05, 4.69) is 21.5 Å². The summed E-state index contributed by atoms with van der Waals surface area (Å²) in [6.07, 6.45) is 4.69. The zero-order chi connectivity index (χ0) is 15.1. The van der Waals surface area contributed by atoms with Crippen LogP contribution in [0, 0.1) is 11.8 Å². The normalized spacial score (nSPS) is 10.9. The molecule has 0 aliphatic rings. The lowest BCUT2D eigenvalue weighted by Crippen LogP contribution is -2.26. The van der Waals surface area contributed by atoms with Crippen molar-refractivity contribution < 1.29 is 17.9 Å². The van der Waals surface area contributed by atoms with Gasteiger partial charge in [-0.25, -0.2) is 13.1 Å². The summed E-state index contributed by atoms with van der Waals surface area (Å²) in [4.78, 5) is 3.87. The quantitative estimate of drug-likeness (QED) is 0.787. The molecule has 2 aromatic rings. The van der Waals surface area contributed by atoms with E-state index < -0.39 is 10.0 Å². The summed E-state index contributed by atoms with van der Waals surface area (Å²) < 4.78 is 31.8. The van der Waals surface area contributed by atoms with Crippen molar-refractivity contribution in [2.75, 3.05) is 13.2 Å². The standard InChI is InChI=1S/C14H14N2O4S/c17-7-1-3-12-9-14(11-15-10-12)21(18,19)16-6-5-13-4-2-8-20-13/h2,4,8-11,16-17H,5-7H2. The van der Waals surface area contributed by atoms with Crippen molar-refractivity contribution in [2.45, 2.75) is 11.3 Å². The van der Waals surface area contributed by atoms with Crippen LogP contribution in [0.15, 0.2) is 46.2 Å². The van der Waals surface area contributed by atoms with Crippen molar-refractivity contribution in [3.8, 4) is 11.8 Å². The van der Waals surface area contributed by atoms with Crippen LogP contribution in [-0.4, -0.2) is 31.7 Å². The number of hydrogen-bond acceptors (Lipinski definition) is 5. The smallest absolute Gasteiger partial charge is 0.242 e. The van der Waals surface area contributed by atoms with Gasteiger partial charge in [0, 0.05) is 30.9 Å². The summed E-state index contributed by atoms with van der Waals surface area (Å²) in [5.41, 5.74) is 0.429. The molecule has 6 nitrogen and oxygen atoms in total. The molecule has 21 heavy (non-hydrogen) atoms. The molecule has 0 spiro atoms. The molecule has 2 N–H and O–H groups in total. The van der Waals surface area contributed by atoms with Crippen LogP contribution < -0.4 is 4.72 Å². The van der Waals surface area contributed by atoms with Crippen LogP contribution in [0.1, 0.15) is 11.3 Å². The summed E-state index contributed by atoms with van der Waals surface area (Å²) in [6.45, 7) is -0.0687. The second-order valence-electron chi connectivity index (χ2n) is 4.10. The average Bonchev–Trinajstić information content (AvgIpc) is 2.98. The highest BCUT2D eigenvalue weighted by molar-refractivity contribution is 7.89. The molecule has 7 heteroatoms. The predicted molar refractivity (Wildman–Crippen MR) is 75.8 cm³/mol. The summed E-state index contributed by atoms with van der Waals surface area (Å²) in [7, 11) is -3.65. The van der Waals surface area contributed by atoms with Gasteiger partial charge in [-0.1, -0.05) is 11.8 Å². The number of rotatable bonds is 5. The van der Waals surface area contributed by atoms with Gasteiger partial charge in [-0.15, -0.1) is 0 Å². The molecule has 0 aliphatic carbocycles. The van der Waals surface area contributed by atoms with Crippen molar-refractivity contribution in [1.82, 2.24) is 9.71 Å². The van der Waals surface area contributed by atoms with E-state index in [0.29, 0.717) is 17.7 Å². The van der Waals surface area contributed by atoms with Crippen LogP contribution >= 0.6 is 0 Å². The minimum absolute atomic E-state index is 0.0340. The Balaban J connectivity index is 2.04. The second kappa shape index (κ2) is 7.04. The molecule has 0 amide bonds. The Morgan fingerprint density at radius 1 is 1.38 bits per heavy atom. The summed E-state index contributed by atoms with van der Waals surface area (Å²) >= 11 is 0. The first kappa shape index (κ1) is 15.3. The minimum Gasteiger partial charge on any atom is -0.469 e. The number of sulfonamides is 1. The number of nitrogens with zero attached hydrogens (tertiary/aromatic N) is 1. The Morgan fingerprint density at radius 3 is 2.95 bits per heavy atom. The van der Waals surface area contributed by atoms with Crippen molar-refractivity contribution in [1.29, 1.82) is 0 Å². The molecule has 0 saturated heterocycles. The van der Waals surface area contributed by atoms with E-state index in [9.17, 15) is 8.42 Å².